The molecule has 6 heteroatoms. The largest absolute Gasteiger partial charge is 0.423 e. The summed E-state index contributed by atoms with van der Waals surface area (Å²) in [6.45, 7) is 8.28. The molecule has 0 atom stereocenters. The molecule has 1 N–H and O–H groups in total. The first kappa shape index (κ1) is 20.1. The van der Waals surface area contributed by atoms with Gasteiger partial charge in [-0.05, 0) is 29.7 Å². The van der Waals surface area contributed by atoms with E-state index in [0.29, 0.717) is 12.4 Å². The van der Waals surface area contributed by atoms with E-state index < -0.39 is 15.3 Å². The lowest BCUT2D eigenvalue weighted by atomic mass is 9.97. The third kappa shape index (κ3) is 4.28. The number of aromatic nitrogens is 1. The Balaban J connectivity index is 2.00. The van der Waals surface area contributed by atoms with Gasteiger partial charge in [-0.15, -0.1) is 0 Å². The standard InChI is InChI=1S/C22H26N2O3S/c1-5-16-11-13-18(14-12-16)28(25,26)20-19(27-21(24-20)22(2,3)4)23-15-17-9-7-6-8-10-17/h6-14,23H,5,15H2,1-4H3. The third-order valence-corrected chi connectivity index (χ3v) is 6.11. The van der Waals surface area contributed by atoms with Gasteiger partial charge in [0.25, 0.3) is 0 Å². The van der Waals surface area contributed by atoms with E-state index in [1.807, 2.05) is 70.2 Å². The highest BCUT2D eigenvalue weighted by molar-refractivity contribution is 7.91. The molecule has 1 aromatic heterocycles. The van der Waals surface area contributed by atoms with Gasteiger partial charge in [0.1, 0.15) is 0 Å². The van der Waals surface area contributed by atoms with Gasteiger partial charge >= 0.3 is 0 Å². The van der Waals surface area contributed by atoms with E-state index in [1.165, 1.54) is 0 Å². The minimum Gasteiger partial charge on any atom is -0.423 e. The second-order valence-electron chi connectivity index (χ2n) is 7.74. The Morgan fingerprint density at radius 1 is 0.964 bits per heavy atom. The van der Waals surface area contributed by atoms with E-state index in [2.05, 4.69) is 10.3 Å². The van der Waals surface area contributed by atoms with Gasteiger partial charge in [-0.3, -0.25) is 0 Å². The summed E-state index contributed by atoms with van der Waals surface area (Å²) in [5.41, 5.74) is 1.69. The number of benzene rings is 2. The average Bonchev–Trinajstić information content (AvgIpc) is 3.13. The second-order valence-corrected chi connectivity index (χ2v) is 9.61. The fraction of sp³-hybridized carbons (Fsp3) is 0.318. The zero-order valence-electron chi connectivity index (χ0n) is 16.7. The summed E-state index contributed by atoms with van der Waals surface area (Å²) in [6, 6.07) is 16.6. The maximum Gasteiger partial charge on any atom is 0.233 e. The van der Waals surface area contributed by atoms with Crippen molar-refractivity contribution in [2.24, 2.45) is 0 Å². The Kier molecular flexibility index (Phi) is 5.61. The fourth-order valence-electron chi connectivity index (χ4n) is 2.71. The molecule has 0 aliphatic carbocycles. The summed E-state index contributed by atoms with van der Waals surface area (Å²) in [4.78, 5) is 4.58. The Hall–Kier alpha value is -2.60. The van der Waals surface area contributed by atoms with Crippen LogP contribution in [0.5, 0.6) is 0 Å². The van der Waals surface area contributed by atoms with Crippen LogP contribution < -0.4 is 5.32 Å². The summed E-state index contributed by atoms with van der Waals surface area (Å²) < 4.78 is 32.3. The Bertz CT molecular complexity index is 1030. The first-order chi connectivity index (χ1) is 13.2. The van der Waals surface area contributed by atoms with Crippen LogP contribution in [0.4, 0.5) is 5.88 Å². The monoisotopic (exact) mass is 398 g/mol. The maximum atomic E-state index is 13.2. The number of hydrogen-bond donors (Lipinski definition) is 1. The van der Waals surface area contributed by atoms with Crippen LogP contribution in [-0.4, -0.2) is 13.4 Å². The van der Waals surface area contributed by atoms with Crippen LogP contribution in [0, 0.1) is 0 Å². The van der Waals surface area contributed by atoms with E-state index in [0.717, 1.165) is 17.5 Å². The number of sulfone groups is 1. The quantitative estimate of drug-likeness (QED) is 0.634. The highest BCUT2D eigenvalue weighted by Crippen LogP contribution is 2.33. The van der Waals surface area contributed by atoms with Crippen LogP contribution in [0.15, 0.2) is 68.9 Å². The normalized spacial score (nSPS) is 12.1. The Morgan fingerprint density at radius 2 is 1.61 bits per heavy atom. The molecule has 0 fully saturated rings. The number of rotatable bonds is 6. The molecule has 3 aromatic rings. The highest BCUT2D eigenvalue weighted by Gasteiger charge is 2.31. The van der Waals surface area contributed by atoms with Crippen molar-refractivity contribution >= 4 is 15.7 Å². The van der Waals surface area contributed by atoms with Gasteiger partial charge in [-0.2, -0.15) is 4.98 Å². The molecule has 0 saturated heterocycles. The number of nitrogens with one attached hydrogen (secondary N) is 1. The fourth-order valence-corrected chi connectivity index (χ4v) is 3.99. The van der Waals surface area contributed by atoms with Crippen molar-refractivity contribution in [3.8, 4) is 0 Å². The zero-order valence-corrected chi connectivity index (χ0v) is 17.5. The van der Waals surface area contributed by atoms with Crippen molar-refractivity contribution in [3.63, 3.8) is 0 Å². The minimum absolute atomic E-state index is 0.0717. The van der Waals surface area contributed by atoms with Crippen LogP contribution >= 0.6 is 0 Å². The maximum absolute atomic E-state index is 13.2. The molecule has 148 valence electrons. The molecule has 0 aliphatic rings. The van der Waals surface area contributed by atoms with Crippen molar-refractivity contribution in [1.29, 1.82) is 0 Å². The van der Waals surface area contributed by atoms with Crippen LogP contribution in [0.3, 0.4) is 0 Å². The molecule has 0 bridgehead atoms. The first-order valence-electron chi connectivity index (χ1n) is 9.35. The molecule has 0 unspecified atom stereocenters. The number of nitrogens with zero attached hydrogens (tertiary/aromatic N) is 1. The van der Waals surface area contributed by atoms with E-state index in [4.69, 9.17) is 4.42 Å². The van der Waals surface area contributed by atoms with Crippen LogP contribution in [-0.2, 0) is 28.2 Å². The second kappa shape index (κ2) is 7.80. The van der Waals surface area contributed by atoms with Crippen molar-refractivity contribution < 1.29 is 12.8 Å². The van der Waals surface area contributed by atoms with Gasteiger partial charge in [0.15, 0.2) is 0 Å². The molecule has 2 aromatic carbocycles. The summed E-state index contributed by atoms with van der Waals surface area (Å²) in [7, 11) is -3.81. The average molecular weight is 399 g/mol. The van der Waals surface area contributed by atoms with Crippen molar-refractivity contribution in [2.75, 3.05) is 5.32 Å². The molecule has 28 heavy (non-hydrogen) atoms. The predicted octanol–water partition coefficient (Wildman–Crippen LogP) is 4.98. The number of hydrogen-bond acceptors (Lipinski definition) is 5. The molecule has 1 heterocycles. The Labute approximate surface area is 166 Å². The van der Waals surface area contributed by atoms with Crippen molar-refractivity contribution in [1.82, 2.24) is 4.98 Å². The smallest absolute Gasteiger partial charge is 0.233 e. The molecule has 0 radical (unpaired) electrons. The SMILES string of the molecule is CCc1ccc(S(=O)(=O)c2nc(C(C)(C)C)oc2NCc2ccccc2)cc1. The Morgan fingerprint density at radius 3 is 2.18 bits per heavy atom. The molecular weight excluding hydrogens is 372 g/mol. The molecular formula is C22H26N2O3S. The van der Waals surface area contributed by atoms with E-state index in [9.17, 15) is 8.42 Å². The summed E-state index contributed by atoms with van der Waals surface area (Å²) in [6.07, 6.45) is 0.850. The topological polar surface area (TPSA) is 72.2 Å². The van der Waals surface area contributed by atoms with Gasteiger partial charge in [0.2, 0.25) is 26.6 Å². The van der Waals surface area contributed by atoms with Gasteiger partial charge < -0.3 is 9.73 Å². The summed E-state index contributed by atoms with van der Waals surface area (Å²) >= 11 is 0. The van der Waals surface area contributed by atoms with Crippen molar-refractivity contribution in [3.05, 3.63) is 71.6 Å². The molecule has 0 saturated carbocycles. The lowest BCUT2D eigenvalue weighted by Crippen LogP contribution is -2.12. The number of aryl methyl sites for hydroxylation is 1. The van der Waals surface area contributed by atoms with Crippen LogP contribution in [0.1, 0.15) is 44.7 Å². The first-order valence-corrected chi connectivity index (χ1v) is 10.8. The number of anilines is 1. The van der Waals surface area contributed by atoms with Gasteiger partial charge in [-0.1, -0.05) is 70.2 Å². The van der Waals surface area contributed by atoms with Crippen molar-refractivity contribution in [2.45, 2.75) is 56.0 Å². The minimum atomic E-state index is -3.81. The zero-order chi connectivity index (χ0) is 20.4. The molecule has 5 nitrogen and oxygen atoms in total. The van der Waals surface area contributed by atoms with Crippen LogP contribution in [0.25, 0.3) is 0 Å². The highest BCUT2D eigenvalue weighted by atomic mass is 32.2. The molecule has 0 spiro atoms. The summed E-state index contributed by atoms with van der Waals surface area (Å²) in [5, 5.41) is 3.04. The van der Waals surface area contributed by atoms with E-state index >= 15 is 0 Å². The third-order valence-electron chi connectivity index (χ3n) is 4.43. The van der Waals surface area contributed by atoms with Gasteiger partial charge in [0, 0.05) is 12.0 Å². The molecule has 3 rings (SSSR count). The lowest BCUT2D eigenvalue weighted by molar-refractivity contribution is 0.399. The van der Waals surface area contributed by atoms with E-state index in [-0.39, 0.29) is 15.8 Å². The molecule has 0 aliphatic heterocycles. The predicted molar refractivity (Wildman–Crippen MR) is 110 cm³/mol. The molecule has 0 amide bonds. The summed E-state index contributed by atoms with van der Waals surface area (Å²) in [5.74, 6) is 0.556. The van der Waals surface area contributed by atoms with Gasteiger partial charge in [-0.25, -0.2) is 8.42 Å². The number of oxazole rings is 1. The van der Waals surface area contributed by atoms with Crippen LogP contribution in [0.2, 0.25) is 0 Å². The van der Waals surface area contributed by atoms with Gasteiger partial charge in [0.05, 0.1) is 4.90 Å². The lowest BCUT2D eigenvalue weighted by Gasteiger charge is -2.12. The van der Waals surface area contributed by atoms with E-state index in [1.54, 1.807) is 12.1 Å².